The molecule has 1 saturated heterocycles. The lowest BCUT2D eigenvalue weighted by Crippen LogP contribution is -2.50. The Kier molecular flexibility index (Phi) is 4.59. The molecule has 2 heterocycles. The summed E-state index contributed by atoms with van der Waals surface area (Å²) < 4.78 is 66.8. The average molecular weight is 409 g/mol. The van der Waals surface area contributed by atoms with Gasteiger partial charge in [0.05, 0.1) is 11.1 Å². The predicted octanol–water partition coefficient (Wildman–Crippen LogP) is 3.58. The highest BCUT2D eigenvalue weighted by Gasteiger charge is 2.31. The van der Waals surface area contributed by atoms with Crippen molar-refractivity contribution < 1.29 is 21.6 Å². The molecule has 28 heavy (non-hydrogen) atoms. The highest BCUT2D eigenvalue weighted by Crippen LogP contribution is 2.31. The maximum atomic E-state index is 13.0. The molecule has 1 aliphatic rings. The molecule has 0 N–H and O–H groups in total. The summed E-state index contributed by atoms with van der Waals surface area (Å²) >= 11 is 0. The zero-order valence-electron chi connectivity index (χ0n) is 14.8. The Hall–Kier alpha value is -2.52. The van der Waals surface area contributed by atoms with Crippen molar-refractivity contribution in [3.8, 4) is 0 Å². The van der Waals surface area contributed by atoms with E-state index >= 15 is 0 Å². The number of hydrogen-bond acceptors (Lipinski definition) is 3. The van der Waals surface area contributed by atoms with E-state index < -0.39 is 21.9 Å². The molecule has 1 aliphatic heterocycles. The second kappa shape index (κ2) is 6.82. The van der Waals surface area contributed by atoms with Crippen molar-refractivity contribution in [2.45, 2.75) is 6.18 Å². The van der Waals surface area contributed by atoms with E-state index in [-0.39, 0.29) is 13.1 Å². The Bertz CT molecular complexity index is 1080. The highest BCUT2D eigenvalue weighted by atomic mass is 32.2. The number of rotatable bonds is 3. The van der Waals surface area contributed by atoms with Crippen molar-refractivity contribution in [3.05, 3.63) is 66.4 Å². The molecular weight excluding hydrogens is 391 g/mol. The second-order valence-corrected chi connectivity index (χ2v) is 8.41. The number of piperazine rings is 1. The molecule has 2 aromatic carbocycles. The van der Waals surface area contributed by atoms with Gasteiger partial charge in [-0.15, -0.1) is 0 Å². The summed E-state index contributed by atoms with van der Waals surface area (Å²) in [7, 11) is -3.70. The third-order valence-corrected chi connectivity index (χ3v) is 6.77. The fraction of sp³-hybridized carbons (Fsp3) is 0.263. The third-order valence-electron chi connectivity index (χ3n) is 4.94. The van der Waals surface area contributed by atoms with Crippen molar-refractivity contribution in [2.75, 3.05) is 31.1 Å². The first-order valence-electron chi connectivity index (χ1n) is 8.76. The molecule has 1 aromatic heterocycles. The van der Waals surface area contributed by atoms with E-state index in [0.717, 1.165) is 17.5 Å². The van der Waals surface area contributed by atoms with Crippen LogP contribution < -0.4 is 4.90 Å². The molecule has 148 valence electrons. The Morgan fingerprint density at radius 1 is 0.821 bits per heavy atom. The van der Waals surface area contributed by atoms with Crippen LogP contribution in [0.2, 0.25) is 0 Å². The van der Waals surface area contributed by atoms with Crippen LogP contribution in [0.1, 0.15) is 5.56 Å². The van der Waals surface area contributed by atoms with Crippen LogP contribution in [0.25, 0.3) is 10.9 Å². The third kappa shape index (κ3) is 3.35. The van der Waals surface area contributed by atoms with Crippen LogP contribution in [-0.4, -0.2) is 42.9 Å². The quantitative estimate of drug-likeness (QED) is 0.664. The summed E-state index contributed by atoms with van der Waals surface area (Å²) in [6.45, 7) is 1.33. The first-order valence-corrected chi connectivity index (χ1v) is 10.2. The van der Waals surface area contributed by atoms with Gasteiger partial charge in [0.15, 0.2) is 0 Å². The van der Waals surface area contributed by atoms with E-state index in [2.05, 4.69) is 0 Å². The second-order valence-electron chi connectivity index (χ2n) is 6.61. The van der Waals surface area contributed by atoms with Gasteiger partial charge in [0.25, 0.3) is 0 Å². The molecule has 4 rings (SSSR count). The van der Waals surface area contributed by atoms with Gasteiger partial charge in [-0.05, 0) is 36.4 Å². The molecule has 0 atom stereocenters. The van der Waals surface area contributed by atoms with Gasteiger partial charge in [-0.25, -0.2) is 3.97 Å². The summed E-state index contributed by atoms with van der Waals surface area (Å²) in [5.41, 5.74) is 0.570. The standard InChI is InChI=1S/C19H18F3N3O2S/c20-19(21,22)16-5-7-17(8-6-16)23-11-13-24(14-12-23)28(26,27)25-10-9-15-3-1-2-4-18(15)25/h1-10H,11-14H2. The number of aromatic nitrogens is 1. The van der Waals surface area contributed by atoms with Crippen LogP contribution in [0.3, 0.4) is 0 Å². The van der Waals surface area contributed by atoms with E-state index in [1.54, 1.807) is 24.4 Å². The molecular formula is C19H18F3N3O2S. The molecule has 0 radical (unpaired) electrons. The van der Waals surface area contributed by atoms with Gasteiger partial charge in [0.1, 0.15) is 0 Å². The molecule has 0 bridgehead atoms. The molecule has 0 saturated carbocycles. The molecule has 0 aliphatic carbocycles. The van der Waals surface area contributed by atoms with Gasteiger partial charge < -0.3 is 4.90 Å². The van der Waals surface area contributed by atoms with Crippen molar-refractivity contribution in [1.82, 2.24) is 8.28 Å². The number of halogens is 3. The minimum absolute atomic E-state index is 0.260. The molecule has 5 nitrogen and oxygen atoms in total. The van der Waals surface area contributed by atoms with Crippen LogP contribution in [0, 0.1) is 0 Å². The van der Waals surface area contributed by atoms with Crippen molar-refractivity contribution in [3.63, 3.8) is 0 Å². The first-order chi connectivity index (χ1) is 13.3. The number of para-hydroxylation sites is 1. The molecule has 1 fully saturated rings. The van der Waals surface area contributed by atoms with Crippen LogP contribution in [0.4, 0.5) is 18.9 Å². The lowest BCUT2D eigenvalue weighted by molar-refractivity contribution is -0.137. The van der Waals surface area contributed by atoms with Gasteiger partial charge >= 0.3 is 16.4 Å². The fourth-order valence-electron chi connectivity index (χ4n) is 3.42. The lowest BCUT2D eigenvalue weighted by Gasteiger charge is -2.35. The number of nitrogens with zero attached hydrogens (tertiary/aromatic N) is 3. The fourth-order valence-corrected chi connectivity index (χ4v) is 4.92. The molecule has 0 spiro atoms. The summed E-state index contributed by atoms with van der Waals surface area (Å²) in [6, 6.07) is 13.9. The number of anilines is 1. The predicted molar refractivity (Wildman–Crippen MR) is 101 cm³/mol. The van der Waals surface area contributed by atoms with E-state index in [1.165, 1.54) is 20.4 Å². The van der Waals surface area contributed by atoms with E-state index in [0.29, 0.717) is 24.3 Å². The van der Waals surface area contributed by atoms with E-state index in [4.69, 9.17) is 0 Å². The van der Waals surface area contributed by atoms with Gasteiger partial charge in [0, 0.05) is 43.4 Å². The Labute approximate surface area is 160 Å². The number of hydrogen-bond donors (Lipinski definition) is 0. The average Bonchev–Trinajstić information content (AvgIpc) is 3.12. The van der Waals surface area contributed by atoms with Crippen LogP contribution in [-0.2, 0) is 16.4 Å². The normalized spacial score (nSPS) is 16.6. The molecule has 3 aromatic rings. The number of benzene rings is 2. The van der Waals surface area contributed by atoms with Crippen molar-refractivity contribution >= 4 is 26.8 Å². The van der Waals surface area contributed by atoms with Gasteiger partial charge in [0.2, 0.25) is 0 Å². The Morgan fingerprint density at radius 3 is 2.11 bits per heavy atom. The van der Waals surface area contributed by atoms with Crippen molar-refractivity contribution in [2.24, 2.45) is 0 Å². The minimum Gasteiger partial charge on any atom is -0.369 e. The van der Waals surface area contributed by atoms with Crippen molar-refractivity contribution in [1.29, 1.82) is 0 Å². The number of alkyl halides is 3. The smallest absolute Gasteiger partial charge is 0.369 e. The highest BCUT2D eigenvalue weighted by molar-refractivity contribution is 7.87. The largest absolute Gasteiger partial charge is 0.416 e. The van der Waals surface area contributed by atoms with Gasteiger partial charge in [-0.2, -0.15) is 25.9 Å². The molecule has 9 heteroatoms. The van der Waals surface area contributed by atoms with E-state index in [1.807, 2.05) is 17.0 Å². The summed E-state index contributed by atoms with van der Waals surface area (Å²) in [5.74, 6) is 0. The molecule has 0 unspecified atom stereocenters. The summed E-state index contributed by atoms with van der Waals surface area (Å²) in [6.07, 6.45) is -2.83. The minimum atomic E-state index is -4.37. The van der Waals surface area contributed by atoms with Gasteiger partial charge in [-0.3, -0.25) is 0 Å². The van der Waals surface area contributed by atoms with Crippen LogP contribution in [0.5, 0.6) is 0 Å². The number of fused-ring (bicyclic) bond motifs is 1. The topological polar surface area (TPSA) is 45.6 Å². The monoisotopic (exact) mass is 409 g/mol. The van der Waals surface area contributed by atoms with Gasteiger partial charge in [-0.1, -0.05) is 18.2 Å². The zero-order valence-corrected chi connectivity index (χ0v) is 15.6. The van der Waals surface area contributed by atoms with Crippen LogP contribution >= 0.6 is 0 Å². The summed E-state index contributed by atoms with van der Waals surface area (Å²) in [4.78, 5) is 1.89. The summed E-state index contributed by atoms with van der Waals surface area (Å²) in [5, 5.41) is 0.842. The van der Waals surface area contributed by atoms with Crippen LogP contribution in [0.15, 0.2) is 60.8 Å². The zero-order chi connectivity index (χ0) is 19.9. The lowest BCUT2D eigenvalue weighted by atomic mass is 10.2. The first kappa shape index (κ1) is 18.8. The molecule has 0 amide bonds. The van der Waals surface area contributed by atoms with E-state index in [9.17, 15) is 21.6 Å². The maximum Gasteiger partial charge on any atom is 0.416 e. The SMILES string of the molecule is O=S(=O)(N1CCN(c2ccc(C(F)(F)F)cc2)CC1)n1ccc2ccccc21. The Balaban J connectivity index is 1.49. The Morgan fingerprint density at radius 2 is 1.46 bits per heavy atom. The maximum absolute atomic E-state index is 13.0.